The average molecular weight is 400 g/mol. The molecule has 0 saturated carbocycles. The van der Waals surface area contributed by atoms with E-state index in [0.717, 1.165) is 42.7 Å². The van der Waals surface area contributed by atoms with Crippen LogP contribution >= 0.6 is 0 Å². The zero-order chi connectivity index (χ0) is 20.2. The Hall–Kier alpha value is -2.77. The number of benzene rings is 1. The molecule has 0 spiro atoms. The number of fused-ring (bicyclic) bond motifs is 1. The molecule has 2 aromatic rings. The van der Waals surface area contributed by atoms with E-state index in [1.807, 2.05) is 29.2 Å². The lowest BCUT2D eigenvalue weighted by Crippen LogP contribution is -2.51. The van der Waals surface area contributed by atoms with Crippen molar-refractivity contribution in [2.45, 2.75) is 44.6 Å². The lowest BCUT2D eigenvalue weighted by Gasteiger charge is -2.35. The van der Waals surface area contributed by atoms with E-state index in [0.29, 0.717) is 32.8 Å². The van der Waals surface area contributed by atoms with Gasteiger partial charge in [-0.05, 0) is 44.7 Å². The molecule has 8 heteroatoms. The fourth-order valence-electron chi connectivity index (χ4n) is 4.08. The Balaban J connectivity index is 1.24. The zero-order valence-corrected chi connectivity index (χ0v) is 16.8. The molecule has 156 valence electrons. The number of para-hydroxylation sites is 2. The number of likely N-dealkylation sites (tertiary alicyclic amines) is 2. The third kappa shape index (κ3) is 4.46. The second-order valence-corrected chi connectivity index (χ2v) is 7.69. The maximum absolute atomic E-state index is 12.6. The maximum atomic E-state index is 12.6. The van der Waals surface area contributed by atoms with E-state index in [-0.39, 0.29) is 24.1 Å². The summed E-state index contributed by atoms with van der Waals surface area (Å²) in [6, 6.07) is 7.87. The van der Waals surface area contributed by atoms with Gasteiger partial charge in [0.2, 0.25) is 0 Å². The molecule has 4 rings (SSSR count). The van der Waals surface area contributed by atoms with Gasteiger partial charge in [-0.3, -0.25) is 0 Å². The molecule has 1 aromatic heterocycles. The minimum atomic E-state index is -0.265. The number of ether oxygens (including phenoxy) is 1. The molecule has 0 atom stereocenters. The summed E-state index contributed by atoms with van der Waals surface area (Å²) in [5.41, 5.74) is 1.70. The summed E-state index contributed by atoms with van der Waals surface area (Å²) in [5.74, 6) is 1.02. The second kappa shape index (κ2) is 8.71. The molecule has 0 bridgehead atoms. The highest BCUT2D eigenvalue weighted by atomic mass is 16.6. The van der Waals surface area contributed by atoms with Gasteiger partial charge in [0.05, 0.1) is 6.61 Å². The van der Waals surface area contributed by atoms with Gasteiger partial charge in [0.15, 0.2) is 11.5 Å². The van der Waals surface area contributed by atoms with Crippen molar-refractivity contribution in [1.82, 2.24) is 20.1 Å². The summed E-state index contributed by atoms with van der Waals surface area (Å²) in [7, 11) is 0. The van der Waals surface area contributed by atoms with E-state index in [1.165, 1.54) is 0 Å². The number of piperidine rings is 2. The number of hydrogen-bond acceptors (Lipinski definition) is 5. The van der Waals surface area contributed by atoms with Crippen LogP contribution in [0.5, 0.6) is 0 Å². The Labute approximate surface area is 170 Å². The molecule has 29 heavy (non-hydrogen) atoms. The summed E-state index contributed by atoms with van der Waals surface area (Å²) < 4.78 is 10.9. The number of nitrogens with one attached hydrogen (secondary N) is 1. The van der Waals surface area contributed by atoms with Crippen molar-refractivity contribution in [3.05, 3.63) is 30.2 Å². The largest absolute Gasteiger partial charge is 0.450 e. The molecule has 0 aliphatic carbocycles. The fourth-order valence-corrected chi connectivity index (χ4v) is 4.08. The van der Waals surface area contributed by atoms with Crippen molar-refractivity contribution < 1.29 is 18.7 Å². The van der Waals surface area contributed by atoms with E-state index < -0.39 is 0 Å². The Morgan fingerprint density at radius 3 is 2.48 bits per heavy atom. The molecule has 2 saturated heterocycles. The molecule has 2 fully saturated rings. The van der Waals surface area contributed by atoms with Crippen LogP contribution in [-0.4, -0.2) is 65.7 Å². The van der Waals surface area contributed by atoms with Crippen molar-refractivity contribution in [2.75, 3.05) is 32.8 Å². The zero-order valence-electron chi connectivity index (χ0n) is 16.8. The Kier molecular flexibility index (Phi) is 5.87. The van der Waals surface area contributed by atoms with Crippen molar-refractivity contribution in [3.8, 4) is 0 Å². The SMILES string of the molecule is CCOC(=O)N1CCC(NC(=O)N2CCC(c3nc4ccccc4o3)CC2)CC1. The quantitative estimate of drug-likeness (QED) is 0.854. The Morgan fingerprint density at radius 2 is 1.79 bits per heavy atom. The number of nitrogens with zero attached hydrogens (tertiary/aromatic N) is 3. The molecule has 8 nitrogen and oxygen atoms in total. The Morgan fingerprint density at radius 1 is 1.10 bits per heavy atom. The normalized spacial score (nSPS) is 18.8. The van der Waals surface area contributed by atoms with Crippen molar-refractivity contribution in [3.63, 3.8) is 0 Å². The molecule has 3 heterocycles. The van der Waals surface area contributed by atoms with Crippen LogP contribution in [0.25, 0.3) is 11.1 Å². The van der Waals surface area contributed by atoms with Crippen molar-refractivity contribution in [2.24, 2.45) is 0 Å². The highest BCUT2D eigenvalue weighted by Crippen LogP contribution is 2.30. The van der Waals surface area contributed by atoms with Crippen molar-refractivity contribution in [1.29, 1.82) is 0 Å². The van der Waals surface area contributed by atoms with Crippen LogP contribution in [-0.2, 0) is 4.74 Å². The monoisotopic (exact) mass is 400 g/mol. The number of carbonyl (C=O) groups excluding carboxylic acids is 2. The number of amides is 3. The van der Waals surface area contributed by atoms with E-state index in [9.17, 15) is 9.59 Å². The fraction of sp³-hybridized carbons (Fsp3) is 0.571. The predicted molar refractivity (Wildman–Crippen MR) is 108 cm³/mol. The number of rotatable bonds is 3. The van der Waals surface area contributed by atoms with Crippen LogP contribution in [0.3, 0.4) is 0 Å². The third-order valence-electron chi connectivity index (χ3n) is 5.79. The van der Waals surface area contributed by atoms with Gasteiger partial charge in [0, 0.05) is 38.1 Å². The molecule has 0 radical (unpaired) electrons. The first kappa shape index (κ1) is 19.5. The van der Waals surface area contributed by atoms with E-state index in [1.54, 1.807) is 11.8 Å². The molecule has 0 unspecified atom stereocenters. The number of urea groups is 1. The van der Waals surface area contributed by atoms with Gasteiger partial charge in [-0.2, -0.15) is 0 Å². The highest BCUT2D eigenvalue weighted by molar-refractivity contribution is 5.75. The van der Waals surface area contributed by atoms with Gasteiger partial charge in [-0.1, -0.05) is 12.1 Å². The molecule has 2 aliphatic rings. The van der Waals surface area contributed by atoms with E-state index in [4.69, 9.17) is 9.15 Å². The molecular weight excluding hydrogens is 372 g/mol. The maximum Gasteiger partial charge on any atom is 0.409 e. The van der Waals surface area contributed by atoms with Crippen LogP contribution < -0.4 is 5.32 Å². The standard InChI is InChI=1S/C21H28N4O4/c1-2-28-21(27)25-13-9-16(10-14-25)22-20(26)24-11-7-15(8-12-24)19-23-17-5-3-4-6-18(17)29-19/h3-6,15-16H,2,7-14H2,1H3,(H,22,26). The summed E-state index contributed by atoms with van der Waals surface area (Å²) in [4.78, 5) is 32.6. The molecule has 3 amide bonds. The topological polar surface area (TPSA) is 87.9 Å². The van der Waals surface area contributed by atoms with Crippen LogP contribution in [0, 0.1) is 0 Å². The van der Waals surface area contributed by atoms with E-state index in [2.05, 4.69) is 10.3 Å². The highest BCUT2D eigenvalue weighted by Gasteiger charge is 2.29. The smallest absolute Gasteiger partial charge is 0.409 e. The molecular formula is C21H28N4O4. The summed E-state index contributed by atoms with van der Waals surface area (Å²) in [5, 5.41) is 3.13. The number of oxazole rings is 1. The summed E-state index contributed by atoms with van der Waals surface area (Å²) >= 11 is 0. The van der Waals surface area contributed by atoms with Gasteiger partial charge in [-0.15, -0.1) is 0 Å². The van der Waals surface area contributed by atoms with Crippen LogP contribution in [0.4, 0.5) is 9.59 Å². The lowest BCUT2D eigenvalue weighted by molar-refractivity contribution is 0.0948. The molecule has 2 aliphatic heterocycles. The van der Waals surface area contributed by atoms with Crippen LogP contribution in [0.1, 0.15) is 44.4 Å². The van der Waals surface area contributed by atoms with Gasteiger partial charge in [0.1, 0.15) is 5.52 Å². The minimum absolute atomic E-state index is 0.0180. The van der Waals surface area contributed by atoms with Crippen LogP contribution in [0.2, 0.25) is 0 Å². The second-order valence-electron chi connectivity index (χ2n) is 7.69. The van der Waals surface area contributed by atoms with Gasteiger partial charge in [0.25, 0.3) is 0 Å². The number of hydrogen-bond donors (Lipinski definition) is 1. The van der Waals surface area contributed by atoms with Crippen LogP contribution in [0.15, 0.2) is 28.7 Å². The summed E-state index contributed by atoms with van der Waals surface area (Å²) in [6.07, 6.45) is 2.94. The number of carbonyl (C=O) groups is 2. The lowest BCUT2D eigenvalue weighted by atomic mass is 9.97. The van der Waals surface area contributed by atoms with Crippen molar-refractivity contribution >= 4 is 23.2 Å². The predicted octanol–water partition coefficient (Wildman–Crippen LogP) is 3.34. The Bertz CT molecular complexity index is 818. The number of aromatic nitrogens is 1. The molecule has 1 aromatic carbocycles. The van der Waals surface area contributed by atoms with Gasteiger partial charge >= 0.3 is 12.1 Å². The first-order valence-electron chi connectivity index (χ1n) is 10.5. The molecule has 1 N–H and O–H groups in total. The third-order valence-corrected chi connectivity index (χ3v) is 5.79. The summed E-state index contributed by atoms with van der Waals surface area (Å²) in [6.45, 7) is 4.80. The first-order valence-corrected chi connectivity index (χ1v) is 10.5. The van der Waals surface area contributed by atoms with Gasteiger partial charge < -0.3 is 24.3 Å². The van der Waals surface area contributed by atoms with E-state index >= 15 is 0 Å². The average Bonchev–Trinajstić information content (AvgIpc) is 3.19. The van der Waals surface area contributed by atoms with Gasteiger partial charge in [-0.25, -0.2) is 14.6 Å². The first-order chi connectivity index (χ1) is 14.1. The minimum Gasteiger partial charge on any atom is -0.450 e.